The number of rotatable bonds is 4. The Morgan fingerprint density at radius 1 is 1.43 bits per heavy atom. The van der Waals surface area contributed by atoms with E-state index in [0.717, 1.165) is 23.9 Å². The van der Waals surface area contributed by atoms with E-state index >= 15 is 0 Å². The zero-order chi connectivity index (χ0) is 14.8. The molecule has 2 heterocycles. The second-order valence-corrected chi connectivity index (χ2v) is 7.21. The number of ether oxygens (including phenoxy) is 1. The highest BCUT2D eigenvalue weighted by Crippen LogP contribution is 2.45. The highest BCUT2D eigenvalue weighted by molar-refractivity contribution is 14.2. The predicted octanol–water partition coefficient (Wildman–Crippen LogP) is 3.46. The van der Waals surface area contributed by atoms with E-state index in [4.69, 9.17) is 16.3 Å². The van der Waals surface area contributed by atoms with Crippen molar-refractivity contribution in [2.75, 3.05) is 19.7 Å². The minimum atomic E-state index is 0.227. The van der Waals surface area contributed by atoms with Crippen LogP contribution in [0.2, 0.25) is 5.02 Å². The Bertz CT molecular complexity index is 540. The van der Waals surface area contributed by atoms with E-state index < -0.39 is 0 Å². The first-order valence-corrected chi connectivity index (χ1v) is 10.6. The largest absolute Gasteiger partial charge is 0.497 e. The quantitative estimate of drug-likeness (QED) is 0.557. The molecule has 21 heavy (non-hydrogen) atoms. The van der Waals surface area contributed by atoms with Crippen LogP contribution in [-0.2, 0) is 4.74 Å². The second kappa shape index (κ2) is 7.06. The van der Waals surface area contributed by atoms with Crippen LogP contribution in [0.15, 0.2) is 35.6 Å². The summed E-state index contributed by atoms with van der Waals surface area (Å²) in [5.74, 6) is 1.06. The fraction of sp³-hybridized carbons (Fsp3) is 0.429. The van der Waals surface area contributed by atoms with Gasteiger partial charge in [-0.15, -0.1) is 0 Å². The fourth-order valence-electron chi connectivity index (χ4n) is 2.92. The third-order valence-electron chi connectivity index (χ3n) is 3.76. The summed E-state index contributed by atoms with van der Waals surface area (Å²) in [7, 11) is 1.74. The maximum atomic E-state index is 6.03. The van der Waals surface area contributed by atoms with Crippen molar-refractivity contribution in [2.24, 2.45) is 0 Å². The first-order valence-electron chi connectivity index (χ1n) is 6.89. The van der Waals surface area contributed by atoms with Crippen LogP contribution in [0.3, 0.4) is 0 Å². The molecular formula is C14H17ClIN3OS. The van der Waals surface area contributed by atoms with Gasteiger partial charge in [-0.25, -0.2) is 15.2 Å². The molecule has 2 N–H and O–H groups in total. The molecule has 2 aliphatic rings. The van der Waals surface area contributed by atoms with E-state index in [1.807, 2.05) is 19.1 Å². The van der Waals surface area contributed by atoms with Crippen molar-refractivity contribution in [2.45, 2.75) is 19.0 Å². The zero-order valence-electron chi connectivity index (χ0n) is 11.6. The van der Waals surface area contributed by atoms with Gasteiger partial charge in [-0.05, 0) is 33.7 Å². The van der Waals surface area contributed by atoms with E-state index in [9.17, 15) is 0 Å². The Morgan fingerprint density at radius 3 is 2.86 bits per heavy atom. The van der Waals surface area contributed by atoms with Gasteiger partial charge < -0.3 is 4.74 Å². The molecule has 2 atom stereocenters. The van der Waals surface area contributed by atoms with E-state index in [1.165, 1.54) is 11.1 Å². The van der Waals surface area contributed by atoms with E-state index in [2.05, 4.69) is 48.5 Å². The molecule has 1 saturated heterocycles. The van der Waals surface area contributed by atoms with Gasteiger partial charge in [0.1, 0.15) is 5.76 Å². The number of nitrogens with one attached hydrogen (secondary N) is 2. The molecule has 0 spiro atoms. The summed E-state index contributed by atoms with van der Waals surface area (Å²) in [6, 6.07) is 8.63. The van der Waals surface area contributed by atoms with Gasteiger partial charge in [0.2, 0.25) is 0 Å². The first kappa shape index (κ1) is 15.9. The number of halogens is 2. The van der Waals surface area contributed by atoms with Crippen LogP contribution >= 0.6 is 41.9 Å². The van der Waals surface area contributed by atoms with E-state index in [0.29, 0.717) is 6.61 Å². The molecule has 1 aromatic rings. The number of nitrogens with zero attached hydrogens (tertiary/aromatic N) is 1. The number of hydrogen-bond acceptors (Lipinski definition) is 5. The Balaban J connectivity index is 2.02. The Kier molecular flexibility index (Phi) is 5.34. The van der Waals surface area contributed by atoms with Gasteiger partial charge in [-0.2, -0.15) is 0 Å². The summed E-state index contributed by atoms with van der Waals surface area (Å²) < 4.78 is 8.26. The summed E-state index contributed by atoms with van der Waals surface area (Å²) >= 11 is 8.37. The van der Waals surface area contributed by atoms with Gasteiger partial charge in [-0.1, -0.05) is 23.7 Å². The molecule has 2 unspecified atom stereocenters. The summed E-state index contributed by atoms with van der Waals surface area (Å²) in [6.45, 7) is 4.39. The minimum absolute atomic E-state index is 0.227. The van der Waals surface area contributed by atoms with Crippen LogP contribution in [0.5, 0.6) is 0 Å². The third-order valence-corrected chi connectivity index (χ3v) is 6.07. The van der Waals surface area contributed by atoms with Crippen molar-refractivity contribution in [1.82, 2.24) is 15.2 Å². The number of hydrazine groups is 1. The molecule has 7 heteroatoms. The summed E-state index contributed by atoms with van der Waals surface area (Å²) in [5.41, 5.74) is 9.18. The lowest BCUT2D eigenvalue weighted by Crippen LogP contribution is -2.48. The van der Waals surface area contributed by atoms with Crippen LogP contribution in [0.4, 0.5) is 0 Å². The molecule has 0 bridgehead atoms. The molecule has 114 valence electrons. The molecule has 2 aliphatic heterocycles. The van der Waals surface area contributed by atoms with Gasteiger partial charge in [0.05, 0.1) is 25.2 Å². The van der Waals surface area contributed by atoms with Gasteiger partial charge >= 0.3 is 0 Å². The highest BCUT2D eigenvalue weighted by atomic mass is 127. The zero-order valence-corrected chi connectivity index (χ0v) is 15.3. The number of benzene rings is 1. The SMILES string of the molecule is CCOC1=C2C(CN(SI)C2c2ccc(Cl)cc2)NNC1. The Morgan fingerprint density at radius 2 is 2.19 bits per heavy atom. The number of fused-ring (bicyclic) bond motifs is 1. The topological polar surface area (TPSA) is 36.5 Å². The monoisotopic (exact) mass is 437 g/mol. The molecule has 1 aromatic carbocycles. The molecule has 0 aromatic heterocycles. The highest BCUT2D eigenvalue weighted by Gasteiger charge is 2.42. The molecule has 3 rings (SSSR count). The van der Waals surface area contributed by atoms with Crippen molar-refractivity contribution in [1.29, 1.82) is 0 Å². The average molecular weight is 438 g/mol. The predicted molar refractivity (Wildman–Crippen MR) is 96.1 cm³/mol. The van der Waals surface area contributed by atoms with Crippen LogP contribution in [0.1, 0.15) is 18.5 Å². The third kappa shape index (κ3) is 3.20. The van der Waals surface area contributed by atoms with Crippen molar-refractivity contribution < 1.29 is 4.74 Å². The van der Waals surface area contributed by atoms with Crippen molar-refractivity contribution in [3.63, 3.8) is 0 Å². The average Bonchev–Trinajstić information content (AvgIpc) is 2.88. The van der Waals surface area contributed by atoms with Gasteiger partial charge in [0, 0.05) is 38.3 Å². The summed E-state index contributed by atoms with van der Waals surface area (Å²) in [4.78, 5) is 0. The minimum Gasteiger partial charge on any atom is -0.497 e. The van der Waals surface area contributed by atoms with Crippen LogP contribution in [-0.4, -0.2) is 30.0 Å². The van der Waals surface area contributed by atoms with Gasteiger partial charge in [0.25, 0.3) is 0 Å². The second-order valence-electron chi connectivity index (χ2n) is 4.98. The van der Waals surface area contributed by atoms with Crippen molar-refractivity contribution in [3.8, 4) is 0 Å². The normalized spacial score (nSPS) is 26.0. The van der Waals surface area contributed by atoms with Crippen molar-refractivity contribution in [3.05, 3.63) is 46.2 Å². The summed E-state index contributed by atoms with van der Waals surface area (Å²) in [5, 5.41) is 0.768. The Labute approximate surface area is 146 Å². The lowest BCUT2D eigenvalue weighted by atomic mass is 9.95. The van der Waals surface area contributed by atoms with Gasteiger partial charge in [0.15, 0.2) is 0 Å². The maximum Gasteiger partial charge on any atom is 0.114 e. The van der Waals surface area contributed by atoms with Crippen LogP contribution in [0, 0.1) is 0 Å². The molecule has 0 aliphatic carbocycles. The molecule has 0 radical (unpaired) electrons. The fourth-order valence-corrected chi connectivity index (χ4v) is 4.73. The lowest BCUT2D eigenvalue weighted by Gasteiger charge is -2.28. The molecule has 1 fully saturated rings. The summed E-state index contributed by atoms with van der Waals surface area (Å²) in [6.07, 6.45) is 0. The van der Waals surface area contributed by atoms with Gasteiger partial charge in [-0.3, -0.25) is 0 Å². The molecule has 4 nitrogen and oxygen atoms in total. The van der Waals surface area contributed by atoms with Crippen LogP contribution < -0.4 is 10.9 Å². The molecule has 0 amide bonds. The standard InChI is InChI=1S/C14H17ClIN3OS/c1-2-20-12-7-17-18-11-8-19(21-16)14(13(11)12)9-3-5-10(15)6-4-9/h3-6,11,14,17-18H,2,7-8H2,1H3. The first-order chi connectivity index (χ1) is 10.2. The molecular weight excluding hydrogens is 421 g/mol. The molecule has 0 saturated carbocycles. The van der Waals surface area contributed by atoms with E-state index in [-0.39, 0.29) is 12.1 Å². The van der Waals surface area contributed by atoms with E-state index in [1.54, 1.807) is 9.12 Å². The van der Waals surface area contributed by atoms with Crippen LogP contribution in [0.25, 0.3) is 0 Å². The lowest BCUT2D eigenvalue weighted by molar-refractivity contribution is 0.200. The van der Waals surface area contributed by atoms with Crippen molar-refractivity contribution >= 4 is 41.9 Å². The smallest absolute Gasteiger partial charge is 0.114 e. The maximum absolute atomic E-state index is 6.03. The Hall–Kier alpha value is 0.01000. The number of hydrogen-bond donors (Lipinski definition) is 2.